The minimum atomic E-state index is -0.375. The number of halogens is 2. The second-order valence-corrected chi connectivity index (χ2v) is 5.73. The van der Waals surface area contributed by atoms with Crippen LogP contribution in [0, 0.1) is 5.82 Å². The number of nitrogens with one attached hydrogen (secondary N) is 1. The Bertz CT molecular complexity index is 884. The first-order valence-electron chi connectivity index (χ1n) is 6.73. The predicted molar refractivity (Wildman–Crippen MR) is 80.5 cm³/mol. The van der Waals surface area contributed by atoms with Gasteiger partial charge in [0.2, 0.25) is 0 Å². The van der Waals surface area contributed by atoms with Crippen molar-refractivity contribution >= 4 is 28.3 Å². The lowest BCUT2D eigenvalue weighted by molar-refractivity contribution is 0.0991. The molecule has 2 aromatic carbocycles. The average Bonchev–Trinajstić information content (AvgIpc) is 3.02. The molecule has 3 aromatic rings. The van der Waals surface area contributed by atoms with Crippen LogP contribution in [-0.2, 0) is 0 Å². The molecule has 1 heterocycles. The Morgan fingerprint density at radius 2 is 2.05 bits per heavy atom. The quantitative estimate of drug-likeness (QED) is 0.695. The largest absolute Gasteiger partial charge is 0.361 e. The molecular weight excluding hydrogens is 289 g/mol. The Kier molecular flexibility index (Phi) is 2.66. The summed E-state index contributed by atoms with van der Waals surface area (Å²) in [4.78, 5) is 15.3. The van der Waals surface area contributed by atoms with Crippen LogP contribution in [0.3, 0.4) is 0 Å². The minimum Gasteiger partial charge on any atom is -0.361 e. The first-order valence-corrected chi connectivity index (χ1v) is 7.11. The highest BCUT2D eigenvalue weighted by Gasteiger charge is 2.32. The highest BCUT2D eigenvalue weighted by molar-refractivity contribution is 6.35. The molecule has 1 aliphatic carbocycles. The minimum absolute atomic E-state index is 0.0177. The van der Waals surface area contributed by atoms with Crippen molar-refractivity contribution in [2.24, 2.45) is 0 Å². The van der Waals surface area contributed by atoms with Crippen LogP contribution in [0.5, 0.6) is 0 Å². The van der Waals surface area contributed by atoms with Crippen molar-refractivity contribution in [3.05, 3.63) is 70.1 Å². The standard InChI is InChI=1S/C17H11ClFNO/c18-14-2-1-3-15-17(14)13(8-20-15)11-7-16(21)12-6-9(19)4-5-10(11)12/h1-6,8,11,20H,7H2. The Labute approximate surface area is 125 Å². The van der Waals surface area contributed by atoms with Crippen LogP contribution in [0.15, 0.2) is 42.6 Å². The highest BCUT2D eigenvalue weighted by Crippen LogP contribution is 2.42. The molecule has 0 saturated heterocycles. The number of Topliss-reactive ketones (excluding diaryl/α,β-unsaturated/α-hetero) is 1. The summed E-state index contributed by atoms with van der Waals surface area (Å²) < 4.78 is 13.3. The van der Waals surface area contributed by atoms with Crippen molar-refractivity contribution in [3.8, 4) is 0 Å². The Morgan fingerprint density at radius 1 is 1.19 bits per heavy atom. The number of hydrogen-bond donors (Lipinski definition) is 1. The van der Waals surface area contributed by atoms with Gasteiger partial charge < -0.3 is 4.98 Å². The maximum Gasteiger partial charge on any atom is 0.164 e. The lowest BCUT2D eigenvalue weighted by Crippen LogP contribution is -1.96. The maximum atomic E-state index is 13.3. The highest BCUT2D eigenvalue weighted by atomic mass is 35.5. The molecular formula is C17H11ClFNO. The predicted octanol–water partition coefficient (Wildman–Crippen LogP) is 4.68. The molecule has 0 fully saturated rings. The fourth-order valence-electron chi connectivity index (χ4n) is 3.20. The van der Waals surface area contributed by atoms with Crippen LogP contribution in [0.1, 0.15) is 33.8 Å². The second kappa shape index (κ2) is 4.43. The number of ketones is 1. The number of carbonyl (C=O) groups excluding carboxylic acids is 1. The van der Waals surface area contributed by atoms with Gasteiger partial charge in [-0.2, -0.15) is 0 Å². The van der Waals surface area contributed by atoms with E-state index in [0.717, 1.165) is 22.0 Å². The van der Waals surface area contributed by atoms with E-state index in [9.17, 15) is 9.18 Å². The molecule has 21 heavy (non-hydrogen) atoms. The van der Waals surface area contributed by atoms with Crippen molar-refractivity contribution in [1.82, 2.24) is 4.98 Å². The molecule has 1 aromatic heterocycles. The maximum absolute atomic E-state index is 13.3. The lowest BCUT2D eigenvalue weighted by atomic mass is 9.92. The number of H-pyrrole nitrogens is 1. The molecule has 104 valence electrons. The van der Waals surface area contributed by atoms with Crippen LogP contribution < -0.4 is 0 Å². The third kappa shape index (κ3) is 1.81. The molecule has 4 heteroatoms. The zero-order valence-electron chi connectivity index (χ0n) is 11.0. The molecule has 0 amide bonds. The molecule has 0 aliphatic heterocycles. The fraction of sp³-hybridized carbons (Fsp3) is 0.118. The first kappa shape index (κ1) is 12.6. The summed E-state index contributed by atoms with van der Waals surface area (Å²) in [5.41, 5.74) is 3.30. The summed E-state index contributed by atoms with van der Waals surface area (Å²) in [6.45, 7) is 0. The van der Waals surface area contributed by atoms with E-state index in [2.05, 4.69) is 4.98 Å². The van der Waals surface area contributed by atoms with Crippen molar-refractivity contribution in [3.63, 3.8) is 0 Å². The zero-order valence-corrected chi connectivity index (χ0v) is 11.7. The van der Waals surface area contributed by atoms with Crippen molar-refractivity contribution in [2.45, 2.75) is 12.3 Å². The van der Waals surface area contributed by atoms with E-state index in [1.807, 2.05) is 24.4 Å². The normalized spacial score (nSPS) is 17.4. The van der Waals surface area contributed by atoms with E-state index in [1.165, 1.54) is 12.1 Å². The SMILES string of the molecule is O=C1CC(c2c[nH]c3cccc(Cl)c23)c2ccc(F)cc21. The topological polar surface area (TPSA) is 32.9 Å². The van der Waals surface area contributed by atoms with E-state index in [4.69, 9.17) is 11.6 Å². The number of aromatic amines is 1. The van der Waals surface area contributed by atoms with Crippen molar-refractivity contribution in [1.29, 1.82) is 0 Å². The Balaban J connectivity index is 1.94. The van der Waals surface area contributed by atoms with Gasteiger partial charge in [-0.1, -0.05) is 23.7 Å². The van der Waals surface area contributed by atoms with Crippen LogP contribution in [-0.4, -0.2) is 10.8 Å². The summed E-state index contributed by atoms with van der Waals surface area (Å²) in [6.07, 6.45) is 2.25. The van der Waals surface area contributed by atoms with Gasteiger partial charge >= 0.3 is 0 Å². The molecule has 0 bridgehead atoms. The molecule has 1 N–H and O–H groups in total. The number of carbonyl (C=O) groups is 1. The van der Waals surface area contributed by atoms with E-state index >= 15 is 0 Å². The van der Waals surface area contributed by atoms with Crippen LogP contribution in [0.2, 0.25) is 5.02 Å². The zero-order chi connectivity index (χ0) is 14.6. The summed E-state index contributed by atoms with van der Waals surface area (Å²) in [7, 11) is 0. The van der Waals surface area contributed by atoms with Crippen LogP contribution >= 0.6 is 11.6 Å². The number of hydrogen-bond acceptors (Lipinski definition) is 1. The van der Waals surface area contributed by atoms with Crippen molar-refractivity contribution in [2.75, 3.05) is 0 Å². The average molecular weight is 300 g/mol. The molecule has 2 nitrogen and oxygen atoms in total. The summed E-state index contributed by atoms with van der Waals surface area (Å²) in [5, 5.41) is 1.60. The van der Waals surface area contributed by atoms with Gasteiger partial charge in [-0.15, -0.1) is 0 Å². The van der Waals surface area contributed by atoms with E-state index in [-0.39, 0.29) is 17.5 Å². The summed E-state index contributed by atoms with van der Waals surface area (Å²) in [5.74, 6) is -0.461. The van der Waals surface area contributed by atoms with Gasteiger partial charge in [-0.05, 0) is 35.4 Å². The summed E-state index contributed by atoms with van der Waals surface area (Å²) in [6, 6.07) is 10.1. The third-order valence-electron chi connectivity index (χ3n) is 4.14. The van der Waals surface area contributed by atoms with Crippen molar-refractivity contribution < 1.29 is 9.18 Å². The Morgan fingerprint density at radius 3 is 2.90 bits per heavy atom. The van der Waals surface area contributed by atoms with Gasteiger partial charge in [0.25, 0.3) is 0 Å². The molecule has 0 radical (unpaired) electrons. The third-order valence-corrected chi connectivity index (χ3v) is 4.46. The van der Waals surface area contributed by atoms with Gasteiger partial charge in [0.1, 0.15) is 5.82 Å². The van der Waals surface area contributed by atoms with Gasteiger partial charge in [-0.3, -0.25) is 4.79 Å². The van der Waals surface area contributed by atoms with Gasteiger partial charge in [-0.25, -0.2) is 4.39 Å². The number of aromatic nitrogens is 1. The van der Waals surface area contributed by atoms with Gasteiger partial charge in [0, 0.05) is 35.0 Å². The van der Waals surface area contributed by atoms with E-state index in [1.54, 1.807) is 6.07 Å². The second-order valence-electron chi connectivity index (χ2n) is 5.32. The van der Waals surface area contributed by atoms with Crippen LogP contribution in [0.25, 0.3) is 10.9 Å². The van der Waals surface area contributed by atoms with E-state index < -0.39 is 0 Å². The molecule has 4 rings (SSSR count). The van der Waals surface area contributed by atoms with Gasteiger partial charge in [0.05, 0.1) is 5.02 Å². The summed E-state index contributed by atoms with van der Waals surface area (Å²) >= 11 is 6.31. The molecule has 1 atom stereocenters. The number of benzene rings is 2. The first-order chi connectivity index (χ1) is 10.1. The molecule has 1 aliphatic rings. The molecule has 1 unspecified atom stereocenters. The molecule has 0 saturated carbocycles. The van der Waals surface area contributed by atoms with Crippen LogP contribution in [0.4, 0.5) is 4.39 Å². The number of rotatable bonds is 1. The Hall–Kier alpha value is -2.13. The smallest absolute Gasteiger partial charge is 0.164 e. The van der Waals surface area contributed by atoms with Gasteiger partial charge in [0.15, 0.2) is 5.78 Å². The lowest BCUT2D eigenvalue weighted by Gasteiger charge is -2.10. The number of fused-ring (bicyclic) bond motifs is 2. The van der Waals surface area contributed by atoms with E-state index in [0.29, 0.717) is 17.0 Å². The fourth-order valence-corrected chi connectivity index (χ4v) is 3.48. The monoisotopic (exact) mass is 299 g/mol. The molecule has 0 spiro atoms.